The van der Waals surface area contributed by atoms with Crippen molar-refractivity contribution in [2.45, 2.75) is 30.6 Å². The van der Waals surface area contributed by atoms with Crippen LogP contribution < -0.4 is 5.32 Å². The lowest BCUT2D eigenvalue weighted by Crippen LogP contribution is -2.59. The van der Waals surface area contributed by atoms with E-state index in [4.69, 9.17) is 9.59 Å². The molecule has 10 heteroatoms. The number of amides is 1. The maximum atomic E-state index is 12.1. The second-order valence-corrected chi connectivity index (χ2v) is 8.92. The van der Waals surface area contributed by atoms with Crippen molar-refractivity contribution < 1.29 is 32.7 Å². The minimum absolute atomic E-state index is 0.250. The summed E-state index contributed by atoms with van der Waals surface area (Å²) in [6.45, 7) is 1.73. The molecule has 0 unspecified atom stereocenters. The lowest BCUT2D eigenvalue weighted by Gasteiger charge is -2.28. The van der Waals surface area contributed by atoms with Crippen molar-refractivity contribution in [2.75, 3.05) is 17.8 Å². The van der Waals surface area contributed by atoms with E-state index in [-0.39, 0.29) is 18.0 Å². The Kier molecular flexibility index (Phi) is 6.38. The van der Waals surface area contributed by atoms with Gasteiger partial charge >= 0.3 is 12.1 Å². The molecule has 2 rings (SSSR count). The fourth-order valence-corrected chi connectivity index (χ4v) is 5.87. The van der Waals surface area contributed by atoms with Gasteiger partial charge in [0.05, 0.1) is 11.0 Å². The highest BCUT2D eigenvalue weighted by atomic mass is 32.2. The topological polar surface area (TPSA) is 135 Å². The van der Waals surface area contributed by atoms with Gasteiger partial charge in [0, 0.05) is 11.8 Å². The average Bonchev–Trinajstić information content (AvgIpc) is 3.22. The van der Waals surface area contributed by atoms with E-state index >= 15 is 0 Å². The average molecular weight is 365 g/mol. The molecule has 1 saturated carbocycles. The number of hydrogen-bond donors (Lipinski definition) is 2. The van der Waals surface area contributed by atoms with Gasteiger partial charge in [-0.3, -0.25) is 4.79 Å². The second kappa shape index (κ2) is 7.46. The molecule has 130 valence electrons. The van der Waals surface area contributed by atoms with Crippen molar-refractivity contribution in [3.63, 3.8) is 0 Å². The largest absolute Gasteiger partial charge is 0.479 e. The summed E-state index contributed by atoms with van der Waals surface area (Å²) in [5.74, 6) is -2.08. The van der Waals surface area contributed by atoms with Gasteiger partial charge in [-0.05, 0) is 24.9 Å². The number of thioether (sulfide) groups is 1. The molecule has 0 bridgehead atoms. The second-order valence-electron chi connectivity index (χ2n) is 5.72. The third-order valence-electron chi connectivity index (χ3n) is 4.19. The number of aliphatic carboxylic acids is 1. The van der Waals surface area contributed by atoms with E-state index in [1.807, 2.05) is 6.26 Å². The molecular weight excluding hydrogens is 346 g/mol. The number of rotatable bonds is 6. The van der Waals surface area contributed by atoms with Gasteiger partial charge in [-0.15, -0.1) is 0 Å². The first kappa shape index (κ1) is 19.7. The minimum atomic E-state index is -3.39. The summed E-state index contributed by atoms with van der Waals surface area (Å²) in [6.07, 6.45) is 3.17. The fourth-order valence-electron chi connectivity index (χ4n) is 2.79. The van der Waals surface area contributed by atoms with Crippen LogP contribution in [0.1, 0.15) is 19.8 Å². The SMILES string of the molecule is CSCC[C@@H](C)C(=O)N[C@@]1(C(=O)O)CS(=O)(=O)[C@H]2C[C@H]21.O=C=O. The van der Waals surface area contributed by atoms with Crippen LogP contribution in [-0.4, -0.2) is 60.1 Å². The van der Waals surface area contributed by atoms with Gasteiger partial charge in [0.1, 0.15) is 0 Å². The lowest BCUT2D eigenvalue weighted by atomic mass is 9.94. The molecule has 23 heavy (non-hydrogen) atoms. The molecular formula is C13H19NO7S2. The predicted molar refractivity (Wildman–Crippen MR) is 81.4 cm³/mol. The zero-order valence-electron chi connectivity index (χ0n) is 12.8. The molecule has 0 radical (unpaired) electrons. The number of sulfone groups is 1. The number of carbonyl (C=O) groups is 2. The van der Waals surface area contributed by atoms with Crippen LogP contribution in [0.2, 0.25) is 0 Å². The molecule has 8 nitrogen and oxygen atoms in total. The fraction of sp³-hybridized carbons (Fsp3) is 0.769. The lowest BCUT2D eigenvalue weighted by molar-refractivity contribution is -0.191. The molecule has 0 aromatic heterocycles. The molecule has 1 saturated heterocycles. The molecule has 2 aliphatic rings. The van der Waals surface area contributed by atoms with Gasteiger partial charge in [-0.1, -0.05) is 6.92 Å². The van der Waals surface area contributed by atoms with Gasteiger partial charge in [0.25, 0.3) is 0 Å². The molecule has 4 atom stereocenters. The van der Waals surface area contributed by atoms with Gasteiger partial charge < -0.3 is 10.4 Å². The van der Waals surface area contributed by atoms with E-state index in [9.17, 15) is 23.1 Å². The van der Waals surface area contributed by atoms with Gasteiger partial charge in [-0.2, -0.15) is 21.4 Å². The minimum Gasteiger partial charge on any atom is -0.479 e. The van der Waals surface area contributed by atoms with Crippen LogP contribution in [0.15, 0.2) is 0 Å². The Bertz CT molecular complexity index is 612. The molecule has 1 amide bonds. The zero-order chi connectivity index (χ0) is 17.8. The maximum Gasteiger partial charge on any atom is 0.373 e. The van der Waals surface area contributed by atoms with E-state index < -0.39 is 38.3 Å². The summed E-state index contributed by atoms with van der Waals surface area (Å²) in [4.78, 5) is 39.9. The Morgan fingerprint density at radius 1 is 1.43 bits per heavy atom. The van der Waals surface area contributed by atoms with E-state index in [1.165, 1.54) is 0 Å². The number of hydrogen-bond acceptors (Lipinski definition) is 7. The summed E-state index contributed by atoms with van der Waals surface area (Å²) in [6, 6.07) is 0. The first-order chi connectivity index (χ1) is 10.7. The van der Waals surface area contributed by atoms with Gasteiger partial charge in [0.2, 0.25) is 5.91 Å². The molecule has 0 aromatic carbocycles. The summed E-state index contributed by atoms with van der Waals surface area (Å²) < 4.78 is 23.7. The highest BCUT2D eigenvalue weighted by molar-refractivity contribution is 7.98. The molecule has 1 heterocycles. The quantitative estimate of drug-likeness (QED) is 0.646. The Morgan fingerprint density at radius 2 is 2.00 bits per heavy atom. The molecule has 2 N–H and O–H groups in total. The van der Waals surface area contributed by atoms with Crippen molar-refractivity contribution >= 4 is 39.6 Å². The van der Waals surface area contributed by atoms with Crippen molar-refractivity contribution in [3.8, 4) is 0 Å². The van der Waals surface area contributed by atoms with Crippen molar-refractivity contribution in [1.82, 2.24) is 5.32 Å². The number of fused-ring (bicyclic) bond motifs is 1. The number of carboxylic acid groups (broad SMARTS) is 1. The monoisotopic (exact) mass is 365 g/mol. The normalized spacial score (nSPS) is 30.9. The number of carboxylic acids is 1. The first-order valence-electron chi connectivity index (χ1n) is 6.91. The van der Waals surface area contributed by atoms with Crippen LogP contribution in [0.25, 0.3) is 0 Å². The Morgan fingerprint density at radius 3 is 2.35 bits per heavy atom. The van der Waals surface area contributed by atoms with E-state index in [2.05, 4.69) is 5.32 Å². The van der Waals surface area contributed by atoms with E-state index in [0.29, 0.717) is 12.8 Å². The molecule has 1 aliphatic carbocycles. The Balaban J connectivity index is 0.000000816. The Labute approximate surface area is 138 Å². The number of carbonyl (C=O) groups excluding carboxylic acids is 3. The first-order valence-corrected chi connectivity index (χ1v) is 10.0. The highest BCUT2D eigenvalue weighted by Gasteiger charge is 2.70. The van der Waals surface area contributed by atoms with Crippen LogP contribution in [0.4, 0.5) is 0 Å². The van der Waals surface area contributed by atoms with Crippen LogP contribution in [-0.2, 0) is 29.0 Å². The van der Waals surface area contributed by atoms with E-state index in [0.717, 1.165) is 5.75 Å². The maximum absolute atomic E-state index is 12.1. The molecule has 0 spiro atoms. The summed E-state index contributed by atoms with van der Waals surface area (Å²) in [5, 5.41) is 11.4. The third kappa shape index (κ3) is 4.13. The summed E-state index contributed by atoms with van der Waals surface area (Å²) >= 11 is 1.61. The predicted octanol–water partition coefficient (Wildman–Crippen LogP) is -0.451. The van der Waals surface area contributed by atoms with E-state index in [1.54, 1.807) is 18.7 Å². The Hall–Kier alpha value is -1.38. The van der Waals surface area contributed by atoms with Crippen LogP contribution in [0.5, 0.6) is 0 Å². The molecule has 2 fully saturated rings. The van der Waals surface area contributed by atoms with Crippen molar-refractivity contribution in [3.05, 3.63) is 0 Å². The molecule has 0 aromatic rings. The van der Waals surface area contributed by atoms with Crippen LogP contribution in [0.3, 0.4) is 0 Å². The highest BCUT2D eigenvalue weighted by Crippen LogP contribution is 2.52. The van der Waals surface area contributed by atoms with Crippen molar-refractivity contribution in [1.29, 1.82) is 0 Å². The zero-order valence-corrected chi connectivity index (χ0v) is 14.4. The molecule has 1 aliphatic heterocycles. The summed E-state index contributed by atoms with van der Waals surface area (Å²) in [7, 11) is -3.39. The van der Waals surface area contributed by atoms with Crippen molar-refractivity contribution in [2.24, 2.45) is 11.8 Å². The smallest absolute Gasteiger partial charge is 0.373 e. The standard InChI is InChI=1S/C12H19NO5S2.CO2/c1-7(3-4-19-2)10(14)13-12(11(15)16)6-20(17,18)9-5-8(9)12;2-1-3/h7-9H,3-6H2,1-2H3,(H,13,14)(H,15,16);/t7-,8-,9+,12+;/m1./s1. The van der Waals surface area contributed by atoms with Gasteiger partial charge in [0.15, 0.2) is 15.4 Å². The van der Waals surface area contributed by atoms with Crippen LogP contribution >= 0.6 is 11.8 Å². The third-order valence-corrected chi connectivity index (χ3v) is 7.13. The number of nitrogens with one attached hydrogen (secondary N) is 1. The van der Waals surface area contributed by atoms with Gasteiger partial charge in [-0.25, -0.2) is 13.2 Å². The van der Waals surface area contributed by atoms with Crippen LogP contribution in [0, 0.1) is 11.8 Å². The summed E-state index contributed by atoms with van der Waals surface area (Å²) in [5.41, 5.74) is -1.62.